The average molecular weight is 370 g/mol. The first kappa shape index (κ1) is 17.7. The largest absolute Gasteiger partial charge is 0.352 e. The average Bonchev–Trinajstić information content (AvgIpc) is 2.99. The maximum Gasteiger partial charge on any atom is 0.266 e. The Balaban J connectivity index is 1.41. The summed E-state index contributed by atoms with van der Waals surface area (Å²) in [7, 11) is 0. The van der Waals surface area contributed by atoms with E-state index in [2.05, 4.69) is 5.32 Å². The number of rotatable bonds is 5. The van der Waals surface area contributed by atoms with Crippen LogP contribution >= 0.6 is 0 Å². The van der Waals surface area contributed by atoms with E-state index >= 15 is 0 Å². The molecular weight excluding hydrogens is 352 g/mol. The van der Waals surface area contributed by atoms with Crippen LogP contribution in [0.5, 0.6) is 0 Å². The Morgan fingerprint density at radius 2 is 1.29 bits per heavy atom. The van der Waals surface area contributed by atoms with E-state index in [9.17, 15) is 14.4 Å². The van der Waals surface area contributed by atoms with E-state index in [1.807, 2.05) is 30.3 Å². The van der Waals surface area contributed by atoms with Crippen molar-refractivity contribution in [1.29, 1.82) is 0 Å². The van der Waals surface area contributed by atoms with Gasteiger partial charge in [-0.05, 0) is 35.4 Å². The number of fused-ring (bicyclic) bond motifs is 1. The molecule has 0 saturated heterocycles. The standard InChI is InChI=1S/C23H18N2O3/c26-21(24-15-17-6-2-1-3-7-17)14-16-10-12-18(13-11-16)25-22(27)19-8-4-5-9-20(19)23(25)28/h1-13H,14-15H2,(H,24,26). The van der Waals surface area contributed by atoms with E-state index in [1.54, 1.807) is 48.5 Å². The van der Waals surface area contributed by atoms with Gasteiger partial charge in [0.25, 0.3) is 11.8 Å². The van der Waals surface area contributed by atoms with Gasteiger partial charge in [-0.3, -0.25) is 14.4 Å². The van der Waals surface area contributed by atoms with Crippen LogP contribution in [-0.2, 0) is 17.8 Å². The molecule has 1 N–H and O–H groups in total. The lowest BCUT2D eigenvalue weighted by atomic mass is 10.1. The van der Waals surface area contributed by atoms with Crippen LogP contribution in [0.3, 0.4) is 0 Å². The summed E-state index contributed by atoms with van der Waals surface area (Å²) in [4.78, 5) is 38.4. The molecule has 138 valence electrons. The van der Waals surface area contributed by atoms with Gasteiger partial charge in [0.2, 0.25) is 5.91 Å². The first-order chi connectivity index (χ1) is 13.6. The highest BCUT2D eigenvalue weighted by atomic mass is 16.2. The van der Waals surface area contributed by atoms with Crippen molar-refractivity contribution in [2.45, 2.75) is 13.0 Å². The zero-order valence-electron chi connectivity index (χ0n) is 15.1. The van der Waals surface area contributed by atoms with Crippen LogP contribution in [0, 0.1) is 0 Å². The molecule has 3 aromatic carbocycles. The van der Waals surface area contributed by atoms with Gasteiger partial charge in [0, 0.05) is 6.54 Å². The summed E-state index contributed by atoms with van der Waals surface area (Å²) >= 11 is 0. The molecule has 0 atom stereocenters. The van der Waals surface area contributed by atoms with Crippen molar-refractivity contribution in [3.8, 4) is 0 Å². The molecule has 5 heteroatoms. The van der Waals surface area contributed by atoms with Crippen LogP contribution in [0.15, 0.2) is 78.9 Å². The molecule has 4 rings (SSSR count). The fraction of sp³-hybridized carbons (Fsp3) is 0.0870. The Labute approximate surface area is 162 Å². The molecule has 5 nitrogen and oxygen atoms in total. The molecule has 0 unspecified atom stereocenters. The first-order valence-corrected chi connectivity index (χ1v) is 9.01. The van der Waals surface area contributed by atoms with Crippen LogP contribution < -0.4 is 10.2 Å². The summed E-state index contributed by atoms with van der Waals surface area (Å²) in [6, 6.07) is 23.4. The topological polar surface area (TPSA) is 66.5 Å². The third-order valence-corrected chi connectivity index (χ3v) is 4.69. The van der Waals surface area contributed by atoms with Crippen molar-refractivity contribution in [1.82, 2.24) is 5.32 Å². The monoisotopic (exact) mass is 370 g/mol. The molecule has 1 aliphatic heterocycles. The summed E-state index contributed by atoms with van der Waals surface area (Å²) in [5.41, 5.74) is 3.18. The van der Waals surface area contributed by atoms with Gasteiger partial charge in [-0.15, -0.1) is 0 Å². The second-order valence-electron chi connectivity index (χ2n) is 6.60. The normalized spacial score (nSPS) is 12.8. The second kappa shape index (κ2) is 7.48. The highest BCUT2D eigenvalue weighted by molar-refractivity contribution is 6.34. The molecule has 3 amide bonds. The van der Waals surface area contributed by atoms with E-state index < -0.39 is 0 Å². The Kier molecular flexibility index (Phi) is 4.72. The van der Waals surface area contributed by atoms with E-state index in [4.69, 9.17) is 0 Å². The van der Waals surface area contributed by atoms with Gasteiger partial charge in [-0.25, -0.2) is 4.90 Å². The molecule has 1 aliphatic rings. The van der Waals surface area contributed by atoms with Crippen LogP contribution in [0.4, 0.5) is 5.69 Å². The molecule has 0 aromatic heterocycles. The number of anilines is 1. The van der Waals surface area contributed by atoms with Gasteiger partial charge >= 0.3 is 0 Å². The molecule has 3 aromatic rings. The summed E-state index contributed by atoms with van der Waals surface area (Å²) in [5, 5.41) is 2.89. The Morgan fingerprint density at radius 1 is 0.714 bits per heavy atom. The number of nitrogens with zero attached hydrogens (tertiary/aromatic N) is 1. The zero-order valence-corrected chi connectivity index (χ0v) is 15.1. The third kappa shape index (κ3) is 3.42. The van der Waals surface area contributed by atoms with Gasteiger partial charge in [-0.1, -0.05) is 54.6 Å². The van der Waals surface area contributed by atoms with Crippen molar-refractivity contribution in [2.75, 3.05) is 4.90 Å². The number of imide groups is 1. The summed E-state index contributed by atoms with van der Waals surface area (Å²) in [5.74, 6) is -0.736. The van der Waals surface area contributed by atoms with Gasteiger partial charge in [0.05, 0.1) is 23.2 Å². The van der Waals surface area contributed by atoms with E-state index in [0.717, 1.165) is 11.1 Å². The molecule has 1 heterocycles. The number of nitrogens with one attached hydrogen (secondary N) is 1. The molecular formula is C23H18N2O3. The molecule has 0 aliphatic carbocycles. The van der Waals surface area contributed by atoms with Gasteiger partial charge in [0.15, 0.2) is 0 Å². The van der Waals surface area contributed by atoms with Crippen molar-refractivity contribution in [3.63, 3.8) is 0 Å². The van der Waals surface area contributed by atoms with Gasteiger partial charge < -0.3 is 5.32 Å². The fourth-order valence-electron chi connectivity index (χ4n) is 3.23. The van der Waals surface area contributed by atoms with Crippen molar-refractivity contribution >= 4 is 23.4 Å². The fourth-order valence-corrected chi connectivity index (χ4v) is 3.23. The Bertz CT molecular complexity index is 1010. The predicted molar refractivity (Wildman–Crippen MR) is 106 cm³/mol. The maximum absolute atomic E-state index is 12.5. The lowest BCUT2D eigenvalue weighted by Crippen LogP contribution is -2.29. The zero-order chi connectivity index (χ0) is 19.5. The maximum atomic E-state index is 12.5. The number of benzene rings is 3. The minimum Gasteiger partial charge on any atom is -0.352 e. The third-order valence-electron chi connectivity index (χ3n) is 4.69. The lowest BCUT2D eigenvalue weighted by molar-refractivity contribution is -0.120. The Hall–Kier alpha value is -3.73. The van der Waals surface area contributed by atoms with Crippen LogP contribution in [0.1, 0.15) is 31.8 Å². The minimum atomic E-state index is -0.325. The molecule has 0 saturated carbocycles. The number of hydrogen-bond acceptors (Lipinski definition) is 3. The van der Waals surface area contributed by atoms with Gasteiger partial charge in [0.1, 0.15) is 0 Å². The van der Waals surface area contributed by atoms with Crippen molar-refractivity contribution in [2.24, 2.45) is 0 Å². The number of hydrogen-bond donors (Lipinski definition) is 1. The van der Waals surface area contributed by atoms with E-state index in [1.165, 1.54) is 4.90 Å². The number of carbonyl (C=O) groups excluding carboxylic acids is 3. The number of carbonyl (C=O) groups is 3. The lowest BCUT2D eigenvalue weighted by Gasteiger charge is -2.14. The Morgan fingerprint density at radius 3 is 1.89 bits per heavy atom. The first-order valence-electron chi connectivity index (χ1n) is 9.01. The molecule has 0 spiro atoms. The van der Waals surface area contributed by atoms with E-state index in [0.29, 0.717) is 23.4 Å². The van der Waals surface area contributed by atoms with E-state index in [-0.39, 0.29) is 24.1 Å². The number of amides is 3. The highest BCUT2D eigenvalue weighted by Crippen LogP contribution is 2.28. The summed E-state index contributed by atoms with van der Waals surface area (Å²) in [6.45, 7) is 0.479. The second-order valence-corrected chi connectivity index (χ2v) is 6.60. The smallest absolute Gasteiger partial charge is 0.266 e. The quantitative estimate of drug-likeness (QED) is 0.701. The van der Waals surface area contributed by atoms with Crippen LogP contribution in [-0.4, -0.2) is 17.7 Å². The molecule has 28 heavy (non-hydrogen) atoms. The summed E-state index contributed by atoms with van der Waals surface area (Å²) < 4.78 is 0. The SMILES string of the molecule is O=C(Cc1ccc(N2C(=O)c3ccccc3C2=O)cc1)NCc1ccccc1. The molecule has 0 radical (unpaired) electrons. The van der Waals surface area contributed by atoms with Crippen LogP contribution in [0.2, 0.25) is 0 Å². The van der Waals surface area contributed by atoms with Crippen molar-refractivity contribution in [3.05, 3.63) is 101 Å². The van der Waals surface area contributed by atoms with Gasteiger partial charge in [-0.2, -0.15) is 0 Å². The minimum absolute atomic E-state index is 0.0858. The molecule has 0 bridgehead atoms. The molecule has 0 fully saturated rings. The van der Waals surface area contributed by atoms with Crippen molar-refractivity contribution < 1.29 is 14.4 Å². The summed E-state index contributed by atoms with van der Waals surface area (Å²) in [6.07, 6.45) is 0.231. The van der Waals surface area contributed by atoms with Crippen LogP contribution in [0.25, 0.3) is 0 Å². The predicted octanol–water partition coefficient (Wildman–Crippen LogP) is 3.35. The highest BCUT2D eigenvalue weighted by Gasteiger charge is 2.36.